The summed E-state index contributed by atoms with van der Waals surface area (Å²) in [6.45, 7) is 7.67. The second kappa shape index (κ2) is 8.12. The van der Waals surface area contributed by atoms with Gasteiger partial charge in [-0.15, -0.1) is 11.3 Å². The zero-order valence-electron chi connectivity index (χ0n) is 16.0. The molecule has 2 N–H and O–H groups in total. The lowest BCUT2D eigenvalue weighted by Gasteiger charge is -2.07. The number of pyridine rings is 1. The molecule has 3 aromatic heterocycles. The standard InChI is InChI=1S/C19H19N5O2S2/c1-5-26-19(25)15-11(4)14-16(21)23-13(24-18(14)28-15)8-27-17-12(7-20)9(2)6-10(3)22-17/h6H,5,8H2,1-4H3,(H2,21,23,24). The third-order valence-corrected chi connectivity index (χ3v) is 6.22. The second-order valence-electron chi connectivity index (χ2n) is 6.14. The number of thiophene rings is 1. The molecule has 0 radical (unpaired) electrons. The minimum atomic E-state index is -0.378. The number of rotatable bonds is 5. The van der Waals surface area contributed by atoms with Crippen LogP contribution in [0.25, 0.3) is 10.2 Å². The van der Waals surface area contributed by atoms with E-state index in [1.807, 2.05) is 26.8 Å². The van der Waals surface area contributed by atoms with Gasteiger partial charge in [-0.3, -0.25) is 0 Å². The van der Waals surface area contributed by atoms with E-state index in [9.17, 15) is 10.1 Å². The van der Waals surface area contributed by atoms with Crippen molar-refractivity contribution in [2.45, 2.75) is 38.5 Å². The van der Waals surface area contributed by atoms with Crippen LogP contribution in [0.3, 0.4) is 0 Å². The maximum atomic E-state index is 12.1. The minimum Gasteiger partial charge on any atom is -0.462 e. The fraction of sp³-hybridized carbons (Fsp3) is 0.316. The van der Waals surface area contributed by atoms with Crippen molar-refractivity contribution in [3.05, 3.63) is 39.2 Å². The van der Waals surface area contributed by atoms with Gasteiger partial charge in [-0.1, -0.05) is 11.8 Å². The molecule has 3 aromatic rings. The van der Waals surface area contributed by atoms with Gasteiger partial charge in [0.25, 0.3) is 0 Å². The van der Waals surface area contributed by atoms with Crippen molar-refractivity contribution < 1.29 is 9.53 Å². The first-order valence-electron chi connectivity index (χ1n) is 8.59. The van der Waals surface area contributed by atoms with Gasteiger partial charge in [-0.2, -0.15) is 5.26 Å². The zero-order valence-corrected chi connectivity index (χ0v) is 17.6. The Balaban J connectivity index is 1.93. The fourth-order valence-electron chi connectivity index (χ4n) is 2.85. The van der Waals surface area contributed by atoms with Crippen LogP contribution in [0.2, 0.25) is 0 Å². The maximum absolute atomic E-state index is 12.1. The number of nitrogens with two attached hydrogens (primary N) is 1. The molecule has 0 saturated heterocycles. The van der Waals surface area contributed by atoms with Crippen LogP contribution < -0.4 is 5.73 Å². The molecule has 0 aliphatic rings. The van der Waals surface area contributed by atoms with Crippen molar-refractivity contribution in [1.29, 1.82) is 5.26 Å². The Hall–Kier alpha value is -2.70. The molecule has 0 saturated carbocycles. The number of hydrogen-bond donors (Lipinski definition) is 1. The SMILES string of the molecule is CCOC(=O)c1sc2nc(CSc3nc(C)cc(C)c3C#N)nc(N)c2c1C. The average Bonchev–Trinajstić information content (AvgIpc) is 2.97. The minimum absolute atomic E-state index is 0.305. The molecular formula is C19H19N5O2S2. The molecule has 0 bridgehead atoms. The van der Waals surface area contributed by atoms with Gasteiger partial charge < -0.3 is 10.5 Å². The first kappa shape index (κ1) is 20.0. The summed E-state index contributed by atoms with van der Waals surface area (Å²) >= 11 is 2.65. The van der Waals surface area contributed by atoms with Gasteiger partial charge in [0, 0.05) is 5.69 Å². The van der Waals surface area contributed by atoms with E-state index in [2.05, 4.69) is 21.0 Å². The van der Waals surface area contributed by atoms with Crippen LogP contribution in [-0.2, 0) is 10.5 Å². The molecule has 0 unspecified atom stereocenters. The van der Waals surface area contributed by atoms with Gasteiger partial charge in [0.15, 0.2) is 0 Å². The smallest absolute Gasteiger partial charge is 0.348 e. The highest BCUT2D eigenvalue weighted by atomic mass is 32.2. The molecule has 0 aliphatic carbocycles. The average molecular weight is 414 g/mol. The quantitative estimate of drug-likeness (QED) is 0.494. The summed E-state index contributed by atoms with van der Waals surface area (Å²) in [7, 11) is 0. The van der Waals surface area contributed by atoms with Gasteiger partial charge in [-0.05, 0) is 44.9 Å². The molecule has 3 heterocycles. The molecule has 0 spiro atoms. The monoisotopic (exact) mass is 413 g/mol. The Morgan fingerprint density at radius 2 is 2.07 bits per heavy atom. The Morgan fingerprint density at radius 1 is 1.32 bits per heavy atom. The van der Waals surface area contributed by atoms with Crippen LogP contribution in [0.4, 0.5) is 5.82 Å². The molecule has 7 nitrogen and oxygen atoms in total. The van der Waals surface area contributed by atoms with Crippen LogP contribution in [0.1, 0.15) is 44.8 Å². The number of fused-ring (bicyclic) bond motifs is 1. The molecule has 0 aliphatic heterocycles. The number of carbonyl (C=O) groups excluding carboxylic acids is 1. The Morgan fingerprint density at radius 3 is 2.75 bits per heavy atom. The van der Waals surface area contributed by atoms with E-state index in [-0.39, 0.29) is 5.97 Å². The predicted molar refractivity (Wildman–Crippen MR) is 111 cm³/mol. The molecule has 0 atom stereocenters. The van der Waals surface area contributed by atoms with E-state index in [1.54, 1.807) is 6.92 Å². The number of nitriles is 1. The number of nitrogens with zero attached hydrogens (tertiary/aromatic N) is 4. The molecule has 9 heteroatoms. The summed E-state index contributed by atoms with van der Waals surface area (Å²) in [6, 6.07) is 4.09. The van der Waals surface area contributed by atoms with Crippen LogP contribution in [0.15, 0.2) is 11.1 Å². The first-order chi connectivity index (χ1) is 13.3. The highest BCUT2D eigenvalue weighted by Gasteiger charge is 2.20. The summed E-state index contributed by atoms with van der Waals surface area (Å²) in [5.41, 5.74) is 9.18. The van der Waals surface area contributed by atoms with Gasteiger partial charge in [0.05, 0.1) is 23.3 Å². The molecule has 0 amide bonds. The van der Waals surface area contributed by atoms with E-state index >= 15 is 0 Å². The third kappa shape index (κ3) is 3.79. The van der Waals surface area contributed by atoms with Crippen LogP contribution in [0, 0.1) is 32.1 Å². The number of carbonyl (C=O) groups is 1. The number of anilines is 1. The zero-order chi connectivity index (χ0) is 20.4. The van der Waals surface area contributed by atoms with Gasteiger partial charge in [-0.25, -0.2) is 19.7 Å². The predicted octanol–water partition coefficient (Wildman–Crippen LogP) is 3.93. The van der Waals surface area contributed by atoms with Crippen molar-refractivity contribution in [3.63, 3.8) is 0 Å². The van der Waals surface area contributed by atoms with Gasteiger partial charge in [0.2, 0.25) is 0 Å². The van der Waals surface area contributed by atoms with Gasteiger partial charge in [0.1, 0.15) is 32.4 Å². The van der Waals surface area contributed by atoms with E-state index < -0.39 is 0 Å². The van der Waals surface area contributed by atoms with Crippen molar-refractivity contribution >= 4 is 45.1 Å². The number of thioether (sulfide) groups is 1. The Labute approximate surface area is 171 Å². The number of ether oxygens (including phenoxy) is 1. The number of esters is 1. The molecule has 0 aromatic carbocycles. The normalized spacial score (nSPS) is 10.8. The number of hydrogen-bond acceptors (Lipinski definition) is 9. The lowest BCUT2D eigenvalue weighted by atomic mass is 10.1. The number of aryl methyl sites for hydroxylation is 3. The molecule has 3 rings (SSSR count). The van der Waals surface area contributed by atoms with Crippen LogP contribution in [-0.4, -0.2) is 27.5 Å². The van der Waals surface area contributed by atoms with E-state index in [1.165, 1.54) is 23.1 Å². The van der Waals surface area contributed by atoms with E-state index in [0.29, 0.717) is 49.7 Å². The molecular weight excluding hydrogens is 394 g/mol. The van der Waals surface area contributed by atoms with Crippen molar-refractivity contribution in [3.8, 4) is 6.07 Å². The van der Waals surface area contributed by atoms with Gasteiger partial charge >= 0.3 is 5.97 Å². The maximum Gasteiger partial charge on any atom is 0.348 e. The highest BCUT2D eigenvalue weighted by Crippen LogP contribution is 2.34. The summed E-state index contributed by atoms with van der Waals surface area (Å²) in [5.74, 6) is 0.892. The summed E-state index contributed by atoms with van der Waals surface area (Å²) in [5, 5.41) is 10.7. The van der Waals surface area contributed by atoms with Crippen LogP contribution in [0.5, 0.6) is 0 Å². The lowest BCUT2D eigenvalue weighted by Crippen LogP contribution is -2.04. The summed E-state index contributed by atoms with van der Waals surface area (Å²) in [6.07, 6.45) is 0. The van der Waals surface area contributed by atoms with E-state index in [4.69, 9.17) is 10.5 Å². The largest absolute Gasteiger partial charge is 0.462 e. The van der Waals surface area contributed by atoms with Crippen molar-refractivity contribution in [2.75, 3.05) is 12.3 Å². The van der Waals surface area contributed by atoms with Crippen molar-refractivity contribution in [1.82, 2.24) is 15.0 Å². The van der Waals surface area contributed by atoms with Crippen LogP contribution >= 0.6 is 23.1 Å². The van der Waals surface area contributed by atoms with Crippen molar-refractivity contribution in [2.24, 2.45) is 0 Å². The van der Waals surface area contributed by atoms with E-state index in [0.717, 1.165) is 16.8 Å². The summed E-state index contributed by atoms with van der Waals surface area (Å²) in [4.78, 5) is 26.7. The number of nitrogen functional groups attached to an aromatic ring is 1. The molecule has 0 fully saturated rings. The summed E-state index contributed by atoms with van der Waals surface area (Å²) < 4.78 is 5.10. The first-order valence-corrected chi connectivity index (χ1v) is 10.4. The highest BCUT2D eigenvalue weighted by molar-refractivity contribution is 7.98. The number of aromatic nitrogens is 3. The second-order valence-corrected chi connectivity index (χ2v) is 8.11. The molecule has 144 valence electrons. The Kier molecular flexibility index (Phi) is 5.82. The lowest BCUT2D eigenvalue weighted by molar-refractivity contribution is 0.0531. The topological polar surface area (TPSA) is 115 Å². The molecule has 28 heavy (non-hydrogen) atoms. The third-order valence-electron chi connectivity index (χ3n) is 4.09. The Bertz CT molecular complexity index is 1120. The fourth-order valence-corrected chi connectivity index (χ4v) is 4.90.